The number of ether oxygens (including phenoxy) is 3. The van der Waals surface area contributed by atoms with Crippen molar-refractivity contribution >= 4 is 15.7 Å². The molecule has 0 radical (unpaired) electrons. The molecule has 0 heterocycles. The van der Waals surface area contributed by atoms with Gasteiger partial charge in [0.1, 0.15) is 18.1 Å². The van der Waals surface area contributed by atoms with E-state index in [9.17, 15) is 8.42 Å². The molecule has 0 aromatic heterocycles. The van der Waals surface area contributed by atoms with Crippen LogP contribution >= 0.6 is 0 Å². The number of hydrogen-bond acceptors (Lipinski definition) is 5. The molecule has 2 rings (SSSR count). The molecule has 0 atom stereocenters. The first-order chi connectivity index (χ1) is 11.0. The molecule has 0 amide bonds. The number of methoxy groups -OCH3 is 2. The lowest BCUT2D eigenvalue weighted by Gasteiger charge is -2.10. The molecule has 0 aliphatic carbocycles. The van der Waals surface area contributed by atoms with E-state index in [1.807, 2.05) is 0 Å². The summed E-state index contributed by atoms with van der Waals surface area (Å²) in [5.41, 5.74) is 0.435. The van der Waals surface area contributed by atoms with E-state index in [4.69, 9.17) is 14.2 Å². The van der Waals surface area contributed by atoms with E-state index in [0.29, 0.717) is 30.4 Å². The molecule has 0 saturated heterocycles. The predicted octanol–water partition coefficient (Wildman–Crippen LogP) is 2.52. The molecule has 0 fully saturated rings. The minimum atomic E-state index is -3.67. The highest BCUT2D eigenvalue weighted by atomic mass is 32.2. The van der Waals surface area contributed by atoms with Gasteiger partial charge in [0.05, 0.1) is 24.3 Å². The van der Waals surface area contributed by atoms with Crippen LogP contribution in [0.4, 0.5) is 5.69 Å². The van der Waals surface area contributed by atoms with Crippen LogP contribution < -0.4 is 14.2 Å². The van der Waals surface area contributed by atoms with Gasteiger partial charge in [0.25, 0.3) is 10.0 Å². The lowest BCUT2D eigenvalue weighted by atomic mass is 10.3. The van der Waals surface area contributed by atoms with Crippen LogP contribution in [-0.2, 0) is 14.8 Å². The average Bonchev–Trinajstić information content (AvgIpc) is 2.55. The summed E-state index contributed by atoms with van der Waals surface area (Å²) in [6.45, 7) is 0.877. The van der Waals surface area contributed by atoms with Crippen molar-refractivity contribution < 1.29 is 22.6 Å². The standard InChI is InChI=1S/C16H19NO5S/c1-20-10-11-22-14-6-8-16(9-7-14)23(18,19)17-13-4-3-5-15(12-13)21-2/h3-9,12,17H,10-11H2,1-2H3. The van der Waals surface area contributed by atoms with Gasteiger partial charge in [0.2, 0.25) is 0 Å². The fourth-order valence-corrected chi connectivity index (χ4v) is 2.91. The van der Waals surface area contributed by atoms with Crippen LogP contribution in [0.2, 0.25) is 0 Å². The lowest BCUT2D eigenvalue weighted by molar-refractivity contribution is 0.146. The second-order valence-electron chi connectivity index (χ2n) is 4.65. The fourth-order valence-electron chi connectivity index (χ4n) is 1.86. The van der Waals surface area contributed by atoms with Crippen molar-refractivity contribution in [2.45, 2.75) is 4.90 Å². The van der Waals surface area contributed by atoms with Gasteiger partial charge in [-0.25, -0.2) is 8.42 Å². The van der Waals surface area contributed by atoms with E-state index in [0.717, 1.165) is 0 Å². The van der Waals surface area contributed by atoms with E-state index in [1.165, 1.54) is 19.2 Å². The molecule has 23 heavy (non-hydrogen) atoms. The molecule has 0 aliphatic heterocycles. The fraction of sp³-hybridized carbons (Fsp3) is 0.250. The van der Waals surface area contributed by atoms with Gasteiger partial charge in [-0.05, 0) is 36.4 Å². The number of anilines is 1. The van der Waals surface area contributed by atoms with Gasteiger partial charge < -0.3 is 14.2 Å². The number of hydrogen-bond donors (Lipinski definition) is 1. The third kappa shape index (κ3) is 4.87. The van der Waals surface area contributed by atoms with E-state index < -0.39 is 10.0 Å². The summed E-state index contributed by atoms with van der Waals surface area (Å²) in [5.74, 6) is 1.16. The zero-order valence-electron chi connectivity index (χ0n) is 13.0. The molecule has 0 aliphatic rings. The van der Waals surface area contributed by atoms with E-state index in [2.05, 4.69) is 4.72 Å². The number of sulfonamides is 1. The van der Waals surface area contributed by atoms with Crippen molar-refractivity contribution in [2.75, 3.05) is 32.2 Å². The summed E-state index contributed by atoms with van der Waals surface area (Å²) in [6.07, 6.45) is 0. The maximum Gasteiger partial charge on any atom is 0.261 e. The van der Waals surface area contributed by atoms with Crippen molar-refractivity contribution in [1.29, 1.82) is 0 Å². The first kappa shape index (κ1) is 17.1. The van der Waals surface area contributed by atoms with Crippen molar-refractivity contribution in [3.63, 3.8) is 0 Å². The molecule has 7 heteroatoms. The van der Waals surface area contributed by atoms with Crippen LogP contribution in [0.5, 0.6) is 11.5 Å². The van der Waals surface area contributed by atoms with Crippen LogP contribution in [0.15, 0.2) is 53.4 Å². The van der Waals surface area contributed by atoms with E-state index >= 15 is 0 Å². The average molecular weight is 337 g/mol. The Hall–Kier alpha value is -2.25. The van der Waals surface area contributed by atoms with E-state index in [-0.39, 0.29) is 4.90 Å². The highest BCUT2D eigenvalue weighted by Gasteiger charge is 2.14. The van der Waals surface area contributed by atoms with Crippen molar-refractivity contribution in [3.8, 4) is 11.5 Å². The largest absolute Gasteiger partial charge is 0.497 e. The van der Waals surface area contributed by atoms with Gasteiger partial charge in [-0.2, -0.15) is 0 Å². The Morgan fingerprint density at radius 3 is 2.35 bits per heavy atom. The Morgan fingerprint density at radius 2 is 1.70 bits per heavy atom. The van der Waals surface area contributed by atoms with Crippen molar-refractivity contribution in [3.05, 3.63) is 48.5 Å². The zero-order chi connectivity index (χ0) is 16.7. The molecule has 6 nitrogen and oxygen atoms in total. The predicted molar refractivity (Wildman–Crippen MR) is 87.6 cm³/mol. The van der Waals surface area contributed by atoms with Gasteiger partial charge in [-0.3, -0.25) is 4.72 Å². The number of benzene rings is 2. The SMILES string of the molecule is COCCOc1ccc(S(=O)(=O)Nc2cccc(OC)c2)cc1. The topological polar surface area (TPSA) is 73.9 Å². The van der Waals surface area contributed by atoms with Crippen molar-refractivity contribution in [1.82, 2.24) is 0 Å². The second kappa shape index (κ2) is 7.85. The van der Waals surface area contributed by atoms with Crippen LogP contribution in [0.1, 0.15) is 0 Å². The summed E-state index contributed by atoms with van der Waals surface area (Å²) in [5, 5.41) is 0. The quantitative estimate of drug-likeness (QED) is 0.749. The Morgan fingerprint density at radius 1 is 0.957 bits per heavy atom. The molecular formula is C16H19NO5S. The van der Waals surface area contributed by atoms with Crippen LogP contribution in [0, 0.1) is 0 Å². The lowest BCUT2D eigenvalue weighted by Crippen LogP contribution is -2.13. The van der Waals surface area contributed by atoms with Gasteiger partial charge in [-0.1, -0.05) is 6.07 Å². The molecule has 0 bridgehead atoms. The van der Waals surface area contributed by atoms with Crippen LogP contribution in [0.25, 0.3) is 0 Å². The maximum absolute atomic E-state index is 12.4. The molecule has 0 saturated carbocycles. The second-order valence-corrected chi connectivity index (χ2v) is 6.33. The third-order valence-corrected chi connectivity index (χ3v) is 4.41. The van der Waals surface area contributed by atoms with Gasteiger partial charge in [0, 0.05) is 13.2 Å². The minimum absolute atomic E-state index is 0.152. The Balaban J connectivity index is 2.09. The molecule has 0 unspecified atom stereocenters. The summed E-state index contributed by atoms with van der Waals surface area (Å²) in [6, 6.07) is 12.9. The summed E-state index contributed by atoms with van der Waals surface area (Å²) < 4.78 is 42.6. The van der Waals surface area contributed by atoms with Gasteiger partial charge >= 0.3 is 0 Å². The summed E-state index contributed by atoms with van der Waals surface area (Å²) >= 11 is 0. The molecule has 1 N–H and O–H groups in total. The maximum atomic E-state index is 12.4. The number of nitrogens with one attached hydrogen (secondary N) is 1. The number of rotatable bonds is 8. The van der Waals surface area contributed by atoms with Crippen molar-refractivity contribution in [2.24, 2.45) is 0 Å². The minimum Gasteiger partial charge on any atom is -0.497 e. The Kier molecular flexibility index (Phi) is 5.84. The molecule has 0 spiro atoms. The molecule has 2 aromatic carbocycles. The molecule has 2 aromatic rings. The Labute approximate surface area is 136 Å². The van der Waals surface area contributed by atoms with Crippen LogP contribution in [0.3, 0.4) is 0 Å². The van der Waals surface area contributed by atoms with E-state index in [1.54, 1.807) is 43.5 Å². The first-order valence-electron chi connectivity index (χ1n) is 6.94. The van der Waals surface area contributed by atoms with Gasteiger partial charge in [0.15, 0.2) is 0 Å². The third-order valence-electron chi connectivity index (χ3n) is 3.01. The Bertz CT molecular complexity index is 728. The smallest absolute Gasteiger partial charge is 0.261 e. The highest BCUT2D eigenvalue weighted by Crippen LogP contribution is 2.22. The van der Waals surface area contributed by atoms with Crippen LogP contribution in [-0.4, -0.2) is 35.9 Å². The normalized spacial score (nSPS) is 11.0. The monoisotopic (exact) mass is 337 g/mol. The summed E-state index contributed by atoms with van der Waals surface area (Å²) in [4.78, 5) is 0.152. The first-order valence-corrected chi connectivity index (χ1v) is 8.42. The highest BCUT2D eigenvalue weighted by molar-refractivity contribution is 7.92. The zero-order valence-corrected chi connectivity index (χ0v) is 13.8. The summed E-state index contributed by atoms with van der Waals surface area (Å²) in [7, 11) is -0.556. The molecular weight excluding hydrogens is 318 g/mol. The van der Waals surface area contributed by atoms with Gasteiger partial charge in [-0.15, -0.1) is 0 Å². The molecule has 124 valence electrons.